The van der Waals surface area contributed by atoms with Crippen molar-refractivity contribution in [2.75, 3.05) is 13.7 Å². The molecule has 1 aliphatic rings. The fraction of sp³-hybridized carbons (Fsp3) is 0.242. The van der Waals surface area contributed by atoms with E-state index in [-0.39, 0.29) is 35.9 Å². The molecule has 0 amide bonds. The number of aliphatic hydroxyl groups excluding tert-OH is 1. The van der Waals surface area contributed by atoms with Crippen molar-refractivity contribution in [1.82, 2.24) is 10.3 Å². The lowest BCUT2D eigenvalue weighted by Gasteiger charge is -2.20. The number of ether oxygens (including phenoxy) is 2. The first-order valence-electron chi connectivity index (χ1n) is 14.4. The summed E-state index contributed by atoms with van der Waals surface area (Å²) in [7, 11) is 1.48. The van der Waals surface area contributed by atoms with Gasteiger partial charge in [0, 0.05) is 47.3 Å². The zero-order chi connectivity index (χ0) is 32.6. The van der Waals surface area contributed by atoms with E-state index >= 15 is 0 Å². The number of hydrogen-bond acceptors (Lipinski definition) is 8. The first-order valence-corrected chi connectivity index (χ1v) is 14.8. The molecule has 0 saturated carbocycles. The fourth-order valence-electron chi connectivity index (χ4n) is 5.24. The third kappa shape index (κ3) is 7.48. The Kier molecular flexibility index (Phi) is 10.5. The highest BCUT2D eigenvalue weighted by Gasteiger charge is 2.28. The minimum atomic E-state index is -1.20. The molecule has 3 aromatic carbocycles. The number of nitrogens with two attached hydrogens (primary N) is 1. The van der Waals surface area contributed by atoms with Crippen molar-refractivity contribution in [3.63, 3.8) is 0 Å². The lowest BCUT2D eigenvalue weighted by Crippen LogP contribution is -2.39. The molecule has 0 unspecified atom stereocenters. The minimum Gasteiger partial charge on any atom is -0.488 e. The van der Waals surface area contributed by atoms with Gasteiger partial charge in [0.15, 0.2) is 5.84 Å². The van der Waals surface area contributed by atoms with Gasteiger partial charge in [0.25, 0.3) is 0 Å². The van der Waals surface area contributed by atoms with Crippen LogP contribution in [0.25, 0.3) is 11.1 Å². The molecule has 0 saturated heterocycles. The molecule has 1 aliphatic carbocycles. The number of fused-ring (bicyclic) bond motifs is 1. The molecule has 0 radical (unpaired) electrons. The number of halogens is 2. The van der Waals surface area contributed by atoms with Crippen molar-refractivity contribution < 1.29 is 28.9 Å². The summed E-state index contributed by atoms with van der Waals surface area (Å²) >= 11 is 6.70. The van der Waals surface area contributed by atoms with Crippen LogP contribution in [0.15, 0.2) is 88.5 Å². The monoisotopic (exact) mass is 646 g/mol. The molecule has 5 rings (SSSR count). The smallest absolute Gasteiger partial charge is 0.323 e. The average Bonchev–Trinajstić information content (AvgIpc) is 3.47. The van der Waals surface area contributed by atoms with Crippen LogP contribution in [0.2, 0.25) is 5.02 Å². The fourth-order valence-corrected chi connectivity index (χ4v) is 5.47. The minimum absolute atomic E-state index is 0.0328. The standard InChI is InChI=1S/C33H32ClFN6O5/c1-37-41-40-32(36)21-11-19(14-38-15-21)18-45-30-13-31(26(34)12-20(30)16-39-28(17-42)33(43)44)46-29-10-9-23-22(6-4-7-25(23)29)24-5-2-3-8-27(24)35/h2-8,11-15,28-29,39,42H,9-10,16-18H2,1H3,(H,43,44)(H2,36,37,40)/t28-,29-/m0/s1. The Balaban J connectivity index is 1.42. The van der Waals surface area contributed by atoms with Gasteiger partial charge < -0.3 is 25.4 Å². The SMILES string of the molecule is CN=N/N=C(\N)c1cncc(COc2cc(O[C@H]3CCc4c(-c5ccccc5F)cccc43)c(Cl)cc2CN[C@@H](CO)C(=O)O)c1. The van der Waals surface area contributed by atoms with Crippen LogP contribution in [0.4, 0.5) is 4.39 Å². The van der Waals surface area contributed by atoms with Crippen LogP contribution in [0.1, 0.15) is 40.3 Å². The molecule has 13 heteroatoms. The first-order chi connectivity index (χ1) is 22.3. The molecule has 238 valence electrons. The Morgan fingerprint density at radius 1 is 1.15 bits per heavy atom. The number of aliphatic hydroxyl groups is 1. The predicted octanol–water partition coefficient (Wildman–Crippen LogP) is 5.42. The van der Waals surface area contributed by atoms with Gasteiger partial charge in [-0.1, -0.05) is 48.0 Å². The molecule has 11 nitrogen and oxygen atoms in total. The Labute approximate surface area is 269 Å². The number of carboxylic acids is 1. The maximum absolute atomic E-state index is 14.7. The summed E-state index contributed by atoms with van der Waals surface area (Å²) < 4.78 is 27.3. The summed E-state index contributed by atoms with van der Waals surface area (Å²) in [4.78, 5) is 15.7. The van der Waals surface area contributed by atoms with Gasteiger partial charge in [-0.2, -0.15) is 5.11 Å². The first kappa shape index (κ1) is 32.5. The summed E-state index contributed by atoms with van der Waals surface area (Å²) in [5.74, 6) is -0.622. The van der Waals surface area contributed by atoms with Crippen molar-refractivity contribution in [2.24, 2.45) is 21.2 Å². The van der Waals surface area contributed by atoms with E-state index in [9.17, 15) is 19.4 Å². The number of amidine groups is 1. The summed E-state index contributed by atoms with van der Waals surface area (Å²) in [6, 6.07) is 16.3. The third-order valence-corrected chi connectivity index (χ3v) is 7.81. The molecule has 1 aromatic heterocycles. The quantitative estimate of drug-likeness (QED) is 0.0647. The highest BCUT2D eigenvalue weighted by molar-refractivity contribution is 6.32. The van der Waals surface area contributed by atoms with Crippen molar-refractivity contribution in [3.8, 4) is 22.6 Å². The second-order valence-corrected chi connectivity index (χ2v) is 10.9. The van der Waals surface area contributed by atoms with E-state index in [0.29, 0.717) is 46.6 Å². The second-order valence-electron chi connectivity index (χ2n) is 10.5. The summed E-state index contributed by atoms with van der Waals surface area (Å²) in [5.41, 5.74) is 11.0. The molecule has 2 atom stereocenters. The van der Waals surface area contributed by atoms with Crippen molar-refractivity contribution in [3.05, 3.63) is 112 Å². The summed E-state index contributed by atoms with van der Waals surface area (Å²) in [5, 5.41) is 32.9. The zero-order valence-electron chi connectivity index (χ0n) is 24.9. The second kappa shape index (κ2) is 14.9. The third-order valence-electron chi connectivity index (χ3n) is 7.51. The van der Waals surface area contributed by atoms with Gasteiger partial charge in [-0.15, -0.1) is 5.10 Å². The van der Waals surface area contributed by atoms with E-state index in [2.05, 4.69) is 25.7 Å². The Hall–Kier alpha value is -4.91. The number of carboxylic acid groups (broad SMARTS) is 1. The van der Waals surface area contributed by atoms with Crippen LogP contribution in [0, 0.1) is 5.82 Å². The number of hydrogen-bond donors (Lipinski definition) is 4. The number of benzene rings is 3. The van der Waals surface area contributed by atoms with Crippen LogP contribution < -0.4 is 20.5 Å². The maximum Gasteiger partial charge on any atom is 0.323 e. The number of rotatable bonds is 13. The van der Waals surface area contributed by atoms with E-state index in [1.165, 1.54) is 19.3 Å². The molecule has 46 heavy (non-hydrogen) atoms. The van der Waals surface area contributed by atoms with E-state index < -0.39 is 18.6 Å². The van der Waals surface area contributed by atoms with E-state index in [0.717, 1.165) is 16.7 Å². The molecule has 1 heterocycles. The topological polar surface area (TPSA) is 164 Å². The number of aliphatic carboxylic acids is 1. The molecule has 0 spiro atoms. The molecular formula is C33H32ClFN6O5. The average molecular weight is 647 g/mol. The van der Waals surface area contributed by atoms with Gasteiger partial charge in [0.05, 0.1) is 18.7 Å². The number of carbonyl (C=O) groups is 1. The summed E-state index contributed by atoms with van der Waals surface area (Å²) in [6.45, 7) is -0.501. The van der Waals surface area contributed by atoms with Crippen molar-refractivity contribution in [2.45, 2.75) is 38.1 Å². The van der Waals surface area contributed by atoms with Gasteiger partial charge in [-0.05, 0) is 53.0 Å². The summed E-state index contributed by atoms with van der Waals surface area (Å²) in [6.07, 6.45) is 4.16. The molecule has 0 bridgehead atoms. The molecular weight excluding hydrogens is 615 g/mol. The van der Waals surface area contributed by atoms with E-state index in [4.69, 9.17) is 26.8 Å². The van der Waals surface area contributed by atoms with Crippen LogP contribution in [0.3, 0.4) is 0 Å². The predicted molar refractivity (Wildman–Crippen MR) is 170 cm³/mol. The largest absolute Gasteiger partial charge is 0.488 e. The number of aromatic nitrogens is 1. The normalized spacial score (nSPS) is 15.1. The number of nitrogens with zero attached hydrogens (tertiary/aromatic N) is 4. The highest BCUT2D eigenvalue weighted by Crippen LogP contribution is 2.43. The maximum atomic E-state index is 14.7. The molecule has 4 aromatic rings. The van der Waals surface area contributed by atoms with Crippen LogP contribution in [-0.4, -0.2) is 46.7 Å². The molecule has 5 N–H and O–H groups in total. The Morgan fingerprint density at radius 2 is 1.96 bits per heavy atom. The van der Waals surface area contributed by atoms with Gasteiger partial charge >= 0.3 is 5.97 Å². The Bertz CT molecular complexity index is 1790. The van der Waals surface area contributed by atoms with Crippen LogP contribution >= 0.6 is 11.6 Å². The lowest BCUT2D eigenvalue weighted by atomic mass is 9.96. The Morgan fingerprint density at radius 3 is 2.72 bits per heavy atom. The molecule has 0 aliphatic heterocycles. The van der Waals surface area contributed by atoms with E-state index in [1.807, 2.05) is 24.3 Å². The highest BCUT2D eigenvalue weighted by atomic mass is 35.5. The van der Waals surface area contributed by atoms with Crippen molar-refractivity contribution in [1.29, 1.82) is 0 Å². The van der Waals surface area contributed by atoms with E-state index in [1.54, 1.807) is 36.5 Å². The van der Waals surface area contributed by atoms with Gasteiger partial charge in [-0.25, -0.2) is 4.39 Å². The van der Waals surface area contributed by atoms with Crippen LogP contribution in [0.5, 0.6) is 11.5 Å². The van der Waals surface area contributed by atoms with Gasteiger partial charge in [-0.3, -0.25) is 15.1 Å². The van der Waals surface area contributed by atoms with Gasteiger partial charge in [0.1, 0.15) is 36.1 Å². The van der Waals surface area contributed by atoms with Crippen molar-refractivity contribution >= 4 is 23.4 Å². The number of nitrogens with one attached hydrogen (secondary N) is 1. The van der Waals surface area contributed by atoms with Crippen LogP contribution in [-0.2, 0) is 24.4 Å². The number of pyridine rings is 1. The lowest BCUT2D eigenvalue weighted by molar-refractivity contribution is -0.140. The molecule has 0 fully saturated rings. The zero-order valence-corrected chi connectivity index (χ0v) is 25.6. The van der Waals surface area contributed by atoms with Gasteiger partial charge in [0.2, 0.25) is 0 Å².